The van der Waals surface area contributed by atoms with E-state index in [0.717, 1.165) is 42.7 Å². The summed E-state index contributed by atoms with van der Waals surface area (Å²) in [6.45, 7) is 5.52. The molecular formula is C28H31N7O3. The van der Waals surface area contributed by atoms with Gasteiger partial charge in [-0.15, -0.1) is 0 Å². The SMILES string of the molecule is C=C(C(=O)Nc1ccc(C(=O)N2CCCC2)nc1)c1cc(-c2cncc(NC(=O)N(C)C)c2)ccc1NC. The Morgan fingerprint density at radius 3 is 2.34 bits per heavy atom. The Bertz CT molecular complexity index is 1360. The largest absolute Gasteiger partial charge is 0.388 e. The molecule has 196 valence electrons. The Hall–Kier alpha value is -4.73. The molecule has 1 saturated heterocycles. The maximum Gasteiger partial charge on any atom is 0.321 e. The zero-order valence-corrected chi connectivity index (χ0v) is 21.7. The molecule has 1 aliphatic heterocycles. The van der Waals surface area contributed by atoms with Crippen LogP contribution in [0.25, 0.3) is 16.7 Å². The molecular weight excluding hydrogens is 482 g/mol. The standard InChI is InChI=1S/C28H31N7O3/c1-18(26(36)32-21-8-10-25(31-17-21)27(37)35-11-5-6-12-35)23-14-19(7-9-24(23)29-2)20-13-22(16-30-15-20)33-28(38)34(3)4/h7-10,13-17,29H,1,5-6,11-12H2,2-4H3,(H,32,36)(H,33,38). The number of anilines is 3. The van der Waals surface area contributed by atoms with Gasteiger partial charge in [0.2, 0.25) is 0 Å². The minimum absolute atomic E-state index is 0.0971. The molecule has 4 rings (SSSR count). The molecule has 0 bridgehead atoms. The summed E-state index contributed by atoms with van der Waals surface area (Å²) in [6, 6.07) is 10.4. The monoisotopic (exact) mass is 513 g/mol. The van der Waals surface area contributed by atoms with Crippen LogP contribution < -0.4 is 16.0 Å². The molecule has 4 amide bonds. The Morgan fingerprint density at radius 1 is 0.921 bits per heavy atom. The van der Waals surface area contributed by atoms with Gasteiger partial charge in [-0.3, -0.25) is 14.6 Å². The number of hydrogen-bond donors (Lipinski definition) is 3. The molecule has 0 radical (unpaired) electrons. The lowest BCUT2D eigenvalue weighted by atomic mass is 9.98. The molecule has 1 fully saturated rings. The average Bonchev–Trinajstić information content (AvgIpc) is 3.47. The fraction of sp³-hybridized carbons (Fsp3) is 0.250. The third-order valence-corrected chi connectivity index (χ3v) is 6.25. The number of rotatable bonds is 7. The van der Waals surface area contributed by atoms with E-state index in [1.54, 1.807) is 50.6 Å². The lowest BCUT2D eigenvalue weighted by molar-refractivity contribution is -0.111. The third-order valence-electron chi connectivity index (χ3n) is 6.25. The van der Waals surface area contributed by atoms with Crippen molar-refractivity contribution >= 4 is 40.5 Å². The van der Waals surface area contributed by atoms with Crippen molar-refractivity contribution in [3.8, 4) is 11.1 Å². The summed E-state index contributed by atoms with van der Waals surface area (Å²) in [5, 5.41) is 8.69. The number of nitrogens with zero attached hydrogens (tertiary/aromatic N) is 4. The first-order valence-electron chi connectivity index (χ1n) is 12.3. The van der Waals surface area contributed by atoms with Crippen molar-refractivity contribution in [3.63, 3.8) is 0 Å². The Labute approximate surface area is 221 Å². The van der Waals surface area contributed by atoms with E-state index in [1.165, 1.54) is 11.1 Å². The van der Waals surface area contributed by atoms with Gasteiger partial charge in [-0.2, -0.15) is 0 Å². The second-order valence-electron chi connectivity index (χ2n) is 9.16. The molecule has 3 aromatic rings. The summed E-state index contributed by atoms with van der Waals surface area (Å²) in [7, 11) is 5.08. The lowest BCUT2D eigenvalue weighted by Crippen LogP contribution is -2.28. The lowest BCUT2D eigenvalue weighted by Gasteiger charge is -2.16. The highest BCUT2D eigenvalue weighted by molar-refractivity contribution is 6.26. The summed E-state index contributed by atoms with van der Waals surface area (Å²) >= 11 is 0. The quantitative estimate of drug-likeness (QED) is 0.408. The molecule has 0 spiro atoms. The van der Waals surface area contributed by atoms with Crippen LogP contribution in [0.1, 0.15) is 28.9 Å². The van der Waals surface area contributed by atoms with Crippen molar-refractivity contribution in [2.24, 2.45) is 0 Å². The zero-order chi connectivity index (χ0) is 27.2. The minimum Gasteiger partial charge on any atom is -0.388 e. The van der Waals surface area contributed by atoms with E-state index in [9.17, 15) is 14.4 Å². The number of benzene rings is 1. The Morgan fingerprint density at radius 2 is 1.68 bits per heavy atom. The van der Waals surface area contributed by atoms with Crippen LogP contribution in [0.3, 0.4) is 0 Å². The molecule has 0 saturated carbocycles. The molecule has 0 aliphatic carbocycles. The predicted octanol–water partition coefficient (Wildman–Crippen LogP) is 4.17. The highest BCUT2D eigenvalue weighted by Gasteiger charge is 2.21. The molecule has 1 aliphatic rings. The average molecular weight is 514 g/mol. The summed E-state index contributed by atoms with van der Waals surface area (Å²) in [6.07, 6.45) is 6.74. The molecule has 3 N–H and O–H groups in total. The number of urea groups is 1. The predicted molar refractivity (Wildman–Crippen MR) is 149 cm³/mol. The highest BCUT2D eigenvalue weighted by Crippen LogP contribution is 2.30. The molecule has 10 nitrogen and oxygen atoms in total. The van der Waals surface area contributed by atoms with Gasteiger partial charge < -0.3 is 25.8 Å². The number of carbonyl (C=O) groups is 3. The molecule has 3 heterocycles. The summed E-state index contributed by atoms with van der Waals surface area (Å²) in [5.74, 6) is -0.496. The third kappa shape index (κ3) is 5.97. The van der Waals surface area contributed by atoms with Crippen LogP contribution in [-0.4, -0.2) is 71.8 Å². The van der Waals surface area contributed by atoms with Crippen molar-refractivity contribution in [1.82, 2.24) is 19.8 Å². The van der Waals surface area contributed by atoms with E-state index in [0.29, 0.717) is 22.6 Å². The molecule has 2 aromatic heterocycles. The van der Waals surface area contributed by atoms with Crippen LogP contribution in [0.4, 0.5) is 21.9 Å². The van der Waals surface area contributed by atoms with Crippen LogP contribution in [0.15, 0.2) is 61.6 Å². The van der Waals surface area contributed by atoms with E-state index in [4.69, 9.17) is 0 Å². The number of carbonyl (C=O) groups excluding carboxylic acids is 3. The van der Waals surface area contributed by atoms with Crippen LogP contribution in [-0.2, 0) is 4.79 Å². The summed E-state index contributed by atoms with van der Waals surface area (Å²) in [4.78, 5) is 49.3. The van der Waals surface area contributed by atoms with Gasteiger partial charge in [-0.05, 0) is 48.7 Å². The minimum atomic E-state index is -0.399. The number of aromatic nitrogens is 2. The van der Waals surface area contributed by atoms with Gasteiger partial charge in [0.15, 0.2) is 0 Å². The number of pyridine rings is 2. The van der Waals surface area contributed by atoms with Gasteiger partial charge >= 0.3 is 6.03 Å². The van der Waals surface area contributed by atoms with Gasteiger partial charge in [0.1, 0.15) is 5.69 Å². The van der Waals surface area contributed by atoms with Crippen LogP contribution in [0.2, 0.25) is 0 Å². The van der Waals surface area contributed by atoms with Crippen LogP contribution >= 0.6 is 0 Å². The number of nitrogens with one attached hydrogen (secondary N) is 3. The van der Waals surface area contributed by atoms with Gasteiger partial charge in [-0.25, -0.2) is 9.78 Å². The number of amides is 4. The first-order valence-corrected chi connectivity index (χ1v) is 12.3. The van der Waals surface area contributed by atoms with E-state index in [-0.39, 0.29) is 17.5 Å². The second kappa shape index (κ2) is 11.5. The van der Waals surface area contributed by atoms with Crippen LogP contribution in [0.5, 0.6) is 0 Å². The van der Waals surface area contributed by atoms with E-state index in [2.05, 4.69) is 32.5 Å². The summed E-state index contributed by atoms with van der Waals surface area (Å²) in [5.41, 5.74) is 4.52. The van der Waals surface area contributed by atoms with E-state index in [1.807, 2.05) is 24.3 Å². The molecule has 38 heavy (non-hydrogen) atoms. The topological polar surface area (TPSA) is 120 Å². The van der Waals surface area contributed by atoms with Crippen molar-refractivity contribution in [1.29, 1.82) is 0 Å². The summed E-state index contributed by atoms with van der Waals surface area (Å²) < 4.78 is 0. The van der Waals surface area contributed by atoms with Gasteiger partial charge in [0, 0.05) is 62.8 Å². The maximum atomic E-state index is 13.1. The molecule has 0 unspecified atom stereocenters. The second-order valence-corrected chi connectivity index (χ2v) is 9.16. The first-order chi connectivity index (χ1) is 18.3. The molecule has 0 atom stereocenters. The van der Waals surface area contributed by atoms with Crippen molar-refractivity contribution in [2.45, 2.75) is 12.8 Å². The number of hydrogen-bond acceptors (Lipinski definition) is 6. The number of likely N-dealkylation sites (tertiary alicyclic amines) is 1. The zero-order valence-electron chi connectivity index (χ0n) is 21.7. The van der Waals surface area contributed by atoms with Crippen molar-refractivity contribution in [3.05, 3.63) is 72.8 Å². The smallest absolute Gasteiger partial charge is 0.321 e. The fourth-order valence-electron chi connectivity index (χ4n) is 4.10. The molecule has 10 heteroatoms. The van der Waals surface area contributed by atoms with Gasteiger partial charge in [0.05, 0.1) is 23.8 Å². The first kappa shape index (κ1) is 26.3. The highest BCUT2D eigenvalue weighted by atomic mass is 16.2. The maximum absolute atomic E-state index is 13.1. The van der Waals surface area contributed by atoms with E-state index >= 15 is 0 Å². The van der Waals surface area contributed by atoms with E-state index < -0.39 is 5.91 Å². The van der Waals surface area contributed by atoms with Gasteiger partial charge in [0.25, 0.3) is 11.8 Å². The molecule has 1 aromatic carbocycles. The fourth-order valence-corrected chi connectivity index (χ4v) is 4.10. The Balaban J connectivity index is 1.51. The van der Waals surface area contributed by atoms with Crippen LogP contribution in [0, 0.1) is 0 Å². The van der Waals surface area contributed by atoms with Crippen molar-refractivity contribution < 1.29 is 14.4 Å². The van der Waals surface area contributed by atoms with Gasteiger partial charge in [-0.1, -0.05) is 12.6 Å². The normalized spacial score (nSPS) is 12.6. The Kier molecular flexibility index (Phi) is 8.00. The van der Waals surface area contributed by atoms with Crippen molar-refractivity contribution in [2.75, 3.05) is 50.2 Å².